The van der Waals surface area contributed by atoms with Crippen molar-refractivity contribution in [2.75, 3.05) is 26.3 Å². The minimum absolute atomic E-state index is 0.0679. The molecule has 1 aliphatic heterocycles. The van der Waals surface area contributed by atoms with Gasteiger partial charge < -0.3 is 9.47 Å². The second kappa shape index (κ2) is 9.06. The molecule has 166 valence electrons. The van der Waals surface area contributed by atoms with Crippen LogP contribution in [0.4, 0.5) is 4.39 Å². The minimum Gasteiger partial charge on any atom is -0.460 e. The average Bonchev–Trinajstić information content (AvgIpc) is 3.29. The fourth-order valence-corrected chi connectivity index (χ4v) is 5.91. The van der Waals surface area contributed by atoms with Gasteiger partial charge in [0.15, 0.2) is 0 Å². The van der Waals surface area contributed by atoms with Crippen LogP contribution in [-0.2, 0) is 36.3 Å². The maximum absolute atomic E-state index is 14.5. The van der Waals surface area contributed by atoms with Gasteiger partial charge in [-0.1, -0.05) is 43.2 Å². The highest BCUT2D eigenvalue weighted by Crippen LogP contribution is 2.43. The van der Waals surface area contributed by atoms with E-state index >= 15 is 0 Å². The molecule has 0 aromatic heterocycles. The Hall–Kier alpha value is -2.29. The van der Waals surface area contributed by atoms with Crippen molar-refractivity contribution >= 4 is 16.0 Å². The molecular formula is C23H26FNO5S. The van der Waals surface area contributed by atoms with Crippen molar-refractivity contribution in [1.29, 1.82) is 0 Å². The number of sulfonamides is 1. The Morgan fingerprint density at radius 1 is 1.06 bits per heavy atom. The number of ether oxygens (including phenoxy) is 2. The molecule has 31 heavy (non-hydrogen) atoms. The molecule has 2 aromatic rings. The number of halogens is 1. The molecular weight excluding hydrogens is 421 g/mol. The van der Waals surface area contributed by atoms with E-state index in [1.807, 2.05) is 0 Å². The fourth-order valence-electron chi connectivity index (χ4n) is 4.43. The lowest BCUT2D eigenvalue weighted by molar-refractivity contribution is -0.152. The number of nitrogens with zero attached hydrogens (tertiary/aromatic N) is 1. The number of carbonyl (C=O) groups is 1. The number of hydrogen-bond donors (Lipinski definition) is 0. The molecule has 2 aliphatic rings. The molecule has 0 spiro atoms. The maximum atomic E-state index is 14.5. The number of carbonyl (C=O) groups excluding carboxylic acids is 1. The van der Waals surface area contributed by atoms with Gasteiger partial charge in [-0.3, -0.25) is 4.79 Å². The van der Waals surface area contributed by atoms with Crippen LogP contribution < -0.4 is 0 Å². The first-order valence-electron chi connectivity index (χ1n) is 10.5. The van der Waals surface area contributed by atoms with Crippen LogP contribution in [0, 0.1) is 5.82 Å². The number of esters is 1. The Kier molecular flexibility index (Phi) is 6.41. The number of rotatable bonds is 6. The van der Waals surface area contributed by atoms with E-state index in [2.05, 4.69) is 0 Å². The third kappa shape index (κ3) is 4.37. The van der Waals surface area contributed by atoms with Gasteiger partial charge >= 0.3 is 5.97 Å². The Labute approximate surface area is 182 Å². The summed E-state index contributed by atoms with van der Waals surface area (Å²) in [4.78, 5) is 13.3. The highest BCUT2D eigenvalue weighted by Gasteiger charge is 2.45. The van der Waals surface area contributed by atoms with Crippen LogP contribution in [0.3, 0.4) is 0 Å². The summed E-state index contributed by atoms with van der Waals surface area (Å²) in [6.07, 6.45) is 2.74. The molecule has 8 heteroatoms. The number of morpholine rings is 1. The average molecular weight is 448 g/mol. The van der Waals surface area contributed by atoms with E-state index in [0.29, 0.717) is 50.3 Å². The van der Waals surface area contributed by atoms with Crippen molar-refractivity contribution in [3.05, 3.63) is 65.5 Å². The van der Waals surface area contributed by atoms with Crippen LogP contribution in [0.2, 0.25) is 0 Å². The standard InChI is InChI=1S/C23H26FNO5S/c24-21-9-2-1-8-20(21)23(10-3-4-11-23)22(26)30-17-18-6-5-7-19(16-18)31(27,28)25-12-14-29-15-13-25/h1-2,5-9,16H,3-4,10-15,17H2. The summed E-state index contributed by atoms with van der Waals surface area (Å²) in [5, 5.41) is 0. The SMILES string of the molecule is O=C(OCc1cccc(S(=O)(=O)N2CCOCC2)c1)C1(c2ccccc2F)CCCC1. The summed E-state index contributed by atoms with van der Waals surface area (Å²) in [6, 6.07) is 12.8. The van der Waals surface area contributed by atoms with Crippen molar-refractivity contribution in [2.45, 2.75) is 42.6 Å². The summed E-state index contributed by atoms with van der Waals surface area (Å²) in [5.41, 5.74) is -0.0338. The first kappa shape index (κ1) is 21.9. The lowest BCUT2D eigenvalue weighted by Crippen LogP contribution is -2.40. The zero-order valence-electron chi connectivity index (χ0n) is 17.3. The molecule has 0 radical (unpaired) electrons. The van der Waals surface area contributed by atoms with E-state index in [1.165, 1.54) is 22.5 Å². The summed E-state index contributed by atoms with van der Waals surface area (Å²) < 4.78 is 52.5. The monoisotopic (exact) mass is 447 g/mol. The minimum atomic E-state index is -3.64. The lowest BCUT2D eigenvalue weighted by Gasteiger charge is -2.28. The molecule has 1 saturated carbocycles. The second-order valence-corrected chi connectivity index (χ2v) is 9.95. The lowest BCUT2D eigenvalue weighted by atomic mass is 9.78. The number of benzene rings is 2. The van der Waals surface area contributed by atoms with Gasteiger partial charge in [-0.25, -0.2) is 12.8 Å². The third-order valence-corrected chi connectivity index (χ3v) is 8.01. The van der Waals surface area contributed by atoms with Crippen LogP contribution in [0.25, 0.3) is 0 Å². The molecule has 0 bridgehead atoms. The first-order chi connectivity index (χ1) is 14.9. The molecule has 1 heterocycles. The van der Waals surface area contributed by atoms with E-state index in [0.717, 1.165) is 12.8 Å². The largest absolute Gasteiger partial charge is 0.460 e. The van der Waals surface area contributed by atoms with Crippen molar-refractivity contribution in [1.82, 2.24) is 4.31 Å². The van der Waals surface area contributed by atoms with Gasteiger partial charge in [0, 0.05) is 18.7 Å². The Morgan fingerprint density at radius 2 is 1.77 bits per heavy atom. The Morgan fingerprint density at radius 3 is 2.48 bits per heavy atom. The summed E-state index contributed by atoms with van der Waals surface area (Å²) >= 11 is 0. The van der Waals surface area contributed by atoms with Gasteiger partial charge in [0.1, 0.15) is 12.4 Å². The Bertz CT molecular complexity index is 1040. The van der Waals surface area contributed by atoms with Crippen molar-refractivity contribution in [3.63, 3.8) is 0 Å². The zero-order chi connectivity index (χ0) is 21.9. The van der Waals surface area contributed by atoms with E-state index < -0.39 is 27.2 Å². The van der Waals surface area contributed by atoms with Gasteiger partial charge in [-0.15, -0.1) is 0 Å². The van der Waals surface area contributed by atoms with Gasteiger partial charge in [0.2, 0.25) is 10.0 Å². The third-order valence-electron chi connectivity index (χ3n) is 6.11. The van der Waals surface area contributed by atoms with Crippen LogP contribution in [0.5, 0.6) is 0 Å². The quantitative estimate of drug-likeness (QED) is 0.635. The second-order valence-electron chi connectivity index (χ2n) is 8.01. The van der Waals surface area contributed by atoms with E-state index in [9.17, 15) is 17.6 Å². The van der Waals surface area contributed by atoms with Gasteiger partial charge in [-0.2, -0.15) is 4.31 Å². The molecule has 6 nitrogen and oxygen atoms in total. The van der Waals surface area contributed by atoms with Gasteiger partial charge in [0.05, 0.1) is 23.5 Å². The normalized spacial score (nSPS) is 19.3. The van der Waals surface area contributed by atoms with Gasteiger partial charge in [-0.05, 0) is 36.6 Å². The summed E-state index contributed by atoms with van der Waals surface area (Å²) in [6.45, 7) is 1.30. The Balaban J connectivity index is 1.51. The number of hydrogen-bond acceptors (Lipinski definition) is 5. The van der Waals surface area contributed by atoms with Crippen molar-refractivity contribution in [3.8, 4) is 0 Å². The molecule has 1 aliphatic carbocycles. The maximum Gasteiger partial charge on any atom is 0.317 e. The van der Waals surface area contributed by atoms with Crippen LogP contribution in [0.15, 0.2) is 53.4 Å². The zero-order valence-corrected chi connectivity index (χ0v) is 18.1. The van der Waals surface area contributed by atoms with Crippen molar-refractivity contribution in [2.24, 2.45) is 0 Å². The molecule has 0 amide bonds. The smallest absolute Gasteiger partial charge is 0.317 e. The fraction of sp³-hybridized carbons (Fsp3) is 0.435. The summed E-state index contributed by atoms with van der Waals surface area (Å²) in [7, 11) is -3.64. The van der Waals surface area contributed by atoms with E-state index in [-0.39, 0.29) is 11.5 Å². The topological polar surface area (TPSA) is 72.9 Å². The predicted molar refractivity (Wildman–Crippen MR) is 112 cm³/mol. The van der Waals surface area contributed by atoms with Crippen LogP contribution >= 0.6 is 0 Å². The van der Waals surface area contributed by atoms with Gasteiger partial charge in [0.25, 0.3) is 0 Å². The molecule has 2 aromatic carbocycles. The molecule has 0 unspecified atom stereocenters. The molecule has 2 fully saturated rings. The van der Waals surface area contributed by atoms with Crippen LogP contribution in [0.1, 0.15) is 36.8 Å². The van der Waals surface area contributed by atoms with E-state index in [1.54, 1.807) is 30.3 Å². The van der Waals surface area contributed by atoms with Crippen molar-refractivity contribution < 1.29 is 27.1 Å². The summed E-state index contributed by atoms with van der Waals surface area (Å²) in [5.74, 6) is -0.864. The molecule has 0 atom stereocenters. The first-order valence-corrected chi connectivity index (χ1v) is 12.0. The molecule has 1 saturated heterocycles. The molecule has 4 rings (SSSR count). The van der Waals surface area contributed by atoms with Crippen LogP contribution in [-0.4, -0.2) is 45.0 Å². The van der Waals surface area contributed by atoms with E-state index in [4.69, 9.17) is 9.47 Å². The highest BCUT2D eigenvalue weighted by atomic mass is 32.2. The molecule has 0 N–H and O–H groups in total. The highest BCUT2D eigenvalue weighted by molar-refractivity contribution is 7.89. The predicted octanol–water partition coefficient (Wildman–Crippen LogP) is 3.40.